The zero-order valence-corrected chi connectivity index (χ0v) is 20.8. The first-order chi connectivity index (χ1) is 17.5. The lowest BCUT2D eigenvalue weighted by Gasteiger charge is -2.28. The number of hydroxylamine groups is 1. The maximum Gasteiger partial charge on any atom is 0.313 e. The molecule has 10 heteroatoms. The van der Waals surface area contributed by atoms with Crippen molar-refractivity contribution in [2.24, 2.45) is 5.92 Å². The van der Waals surface area contributed by atoms with Crippen molar-refractivity contribution in [2.45, 2.75) is 12.1 Å². The minimum absolute atomic E-state index is 0.177. The zero-order chi connectivity index (χ0) is 25.0. The monoisotopic (exact) mass is 537 g/mol. The number of halogens is 2. The van der Waals surface area contributed by atoms with Gasteiger partial charge in [-0.25, -0.2) is 9.96 Å². The van der Waals surface area contributed by atoms with E-state index in [9.17, 15) is 14.4 Å². The molecule has 0 spiro atoms. The summed E-state index contributed by atoms with van der Waals surface area (Å²) in [6.45, 7) is 0. The molecule has 180 valence electrons. The quantitative estimate of drug-likeness (QED) is 0.332. The Morgan fingerprint density at radius 2 is 1.33 bits per heavy atom. The molecule has 3 heterocycles. The summed E-state index contributed by atoms with van der Waals surface area (Å²) in [6.07, 6.45) is -1.07. The lowest BCUT2D eigenvalue weighted by molar-refractivity contribution is -0.126. The number of amides is 2. The largest absolute Gasteiger partial charge is 0.313 e. The van der Waals surface area contributed by atoms with Gasteiger partial charge in [0.1, 0.15) is 17.1 Å². The van der Waals surface area contributed by atoms with Crippen molar-refractivity contribution >= 4 is 57.7 Å². The molecule has 2 saturated heterocycles. The van der Waals surface area contributed by atoms with Gasteiger partial charge < -0.3 is 0 Å². The second-order valence-electron chi connectivity index (χ2n) is 8.34. The van der Waals surface area contributed by atoms with E-state index in [1.807, 2.05) is 48.5 Å². The fraction of sp³-hybridized carbons (Fsp3) is 0.115. The number of anilines is 2. The van der Waals surface area contributed by atoms with E-state index in [0.717, 1.165) is 16.2 Å². The first-order valence-corrected chi connectivity index (χ1v) is 12.6. The predicted octanol–water partition coefficient (Wildman–Crippen LogP) is 5.26. The van der Waals surface area contributed by atoms with Crippen molar-refractivity contribution in [3.63, 3.8) is 0 Å². The number of imide groups is 1. The van der Waals surface area contributed by atoms with Gasteiger partial charge in [0, 0.05) is 5.02 Å². The van der Waals surface area contributed by atoms with Crippen LogP contribution in [-0.4, -0.2) is 22.5 Å². The number of fused-ring (bicyclic) bond motifs is 1. The molecular weight excluding hydrogens is 521 g/mol. The van der Waals surface area contributed by atoms with E-state index in [1.54, 1.807) is 36.4 Å². The summed E-state index contributed by atoms with van der Waals surface area (Å²) in [4.78, 5) is 47.7. The maximum absolute atomic E-state index is 13.8. The molecule has 0 N–H and O–H groups in total. The highest BCUT2D eigenvalue weighted by Crippen LogP contribution is 2.50. The second kappa shape index (κ2) is 8.90. The summed E-state index contributed by atoms with van der Waals surface area (Å²) >= 11 is 13.7. The number of rotatable bonds is 4. The van der Waals surface area contributed by atoms with E-state index in [2.05, 4.69) is 0 Å². The molecule has 4 aromatic rings. The Balaban J connectivity index is 1.48. The first kappa shape index (κ1) is 23.0. The van der Waals surface area contributed by atoms with Crippen molar-refractivity contribution in [1.82, 2.24) is 4.57 Å². The van der Waals surface area contributed by atoms with E-state index in [0.29, 0.717) is 27.0 Å². The molecular formula is C26H17Cl2N3O4S. The predicted molar refractivity (Wildman–Crippen MR) is 139 cm³/mol. The fourth-order valence-electron chi connectivity index (χ4n) is 4.67. The Kier molecular flexibility index (Phi) is 5.69. The van der Waals surface area contributed by atoms with Crippen LogP contribution in [0.2, 0.25) is 10.2 Å². The van der Waals surface area contributed by atoms with Crippen molar-refractivity contribution in [3.8, 4) is 5.69 Å². The second-order valence-corrected chi connectivity index (χ2v) is 10.1. The minimum atomic E-state index is -1.07. The summed E-state index contributed by atoms with van der Waals surface area (Å²) < 4.78 is 1.40. The van der Waals surface area contributed by atoms with Crippen LogP contribution >= 0.6 is 34.5 Å². The van der Waals surface area contributed by atoms with E-state index in [1.165, 1.54) is 9.63 Å². The molecule has 2 aliphatic heterocycles. The highest BCUT2D eigenvalue weighted by Gasteiger charge is 2.61. The van der Waals surface area contributed by atoms with Crippen LogP contribution in [0.1, 0.15) is 10.9 Å². The molecule has 2 amide bonds. The number of para-hydroxylation sites is 2. The average molecular weight is 538 g/mol. The smallest absolute Gasteiger partial charge is 0.273 e. The standard InChI is InChI=1S/C26H17Cl2N3O4S/c27-15-11-13-17(14-12-15)30-24(32)19-20(31(35-21(19)25(30)33)18-9-5-2-6-10-18)22-23(28)29(26(34)36-22)16-7-3-1-4-8-16/h1-14,19-21H/t19-,20-,21+/m1/s1. The van der Waals surface area contributed by atoms with Crippen LogP contribution in [0.25, 0.3) is 5.69 Å². The lowest BCUT2D eigenvalue weighted by Crippen LogP contribution is -2.37. The topological polar surface area (TPSA) is 71.8 Å². The Morgan fingerprint density at radius 3 is 1.97 bits per heavy atom. The number of aromatic nitrogens is 1. The van der Waals surface area contributed by atoms with Gasteiger partial charge in [0.15, 0.2) is 6.10 Å². The Morgan fingerprint density at radius 1 is 0.722 bits per heavy atom. The van der Waals surface area contributed by atoms with Gasteiger partial charge in [-0.2, -0.15) is 0 Å². The van der Waals surface area contributed by atoms with Gasteiger partial charge in [0.05, 0.1) is 21.9 Å². The van der Waals surface area contributed by atoms with Gasteiger partial charge in [-0.15, -0.1) is 0 Å². The van der Waals surface area contributed by atoms with Gasteiger partial charge >= 0.3 is 4.87 Å². The molecule has 0 bridgehead atoms. The molecule has 36 heavy (non-hydrogen) atoms. The molecule has 3 aromatic carbocycles. The molecule has 3 atom stereocenters. The number of carbonyl (C=O) groups is 2. The number of nitrogens with zero attached hydrogens (tertiary/aromatic N) is 3. The maximum atomic E-state index is 13.8. The number of benzene rings is 3. The summed E-state index contributed by atoms with van der Waals surface area (Å²) in [5.74, 6) is -1.83. The SMILES string of the molecule is O=C1[C@H]2[C@H](ON(c3ccccc3)[C@H]2c2sc(=O)n(-c3ccccc3)c2Cl)C(=O)N1c1ccc(Cl)cc1. The highest BCUT2D eigenvalue weighted by molar-refractivity contribution is 7.10. The molecule has 6 rings (SSSR count). The van der Waals surface area contributed by atoms with Crippen LogP contribution in [0.15, 0.2) is 89.7 Å². The van der Waals surface area contributed by atoms with Crippen molar-refractivity contribution in [1.29, 1.82) is 0 Å². The van der Waals surface area contributed by atoms with Gasteiger partial charge in [-0.3, -0.25) is 23.8 Å². The number of hydrogen-bond donors (Lipinski definition) is 0. The molecule has 0 aliphatic carbocycles. The van der Waals surface area contributed by atoms with Crippen LogP contribution in [0.3, 0.4) is 0 Å². The third kappa shape index (κ3) is 3.57. The van der Waals surface area contributed by atoms with Crippen LogP contribution in [0.4, 0.5) is 11.4 Å². The minimum Gasteiger partial charge on any atom is -0.273 e. The number of carbonyl (C=O) groups excluding carboxylic acids is 2. The normalized spacial score (nSPS) is 21.3. The van der Waals surface area contributed by atoms with E-state index < -0.39 is 29.9 Å². The van der Waals surface area contributed by atoms with Crippen LogP contribution < -0.4 is 14.8 Å². The Bertz CT molecular complexity index is 1520. The van der Waals surface area contributed by atoms with Crippen molar-refractivity contribution in [2.75, 3.05) is 9.96 Å². The van der Waals surface area contributed by atoms with Crippen molar-refractivity contribution in [3.05, 3.63) is 110 Å². The lowest BCUT2D eigenvalue weighted by atomic mass is 9.95. The van der Waals surface area contributed by atoms with Gasteiger partial charge in [-0.1, -0.05) is 70.9 Å². The van der Waals surface area contributed by atoms with E-state index in [-0.39, 0.29) is 10.0 Å². The van der Waals surface area contributed by atoms with Gasteiger partial charge in [-0.05, 0) is 48.5 Å². The Hall–Kier alpha value is -3.43. The van der Waals surface area contributed by atoms with Crippen molar-refractivity contribution < 1.29 is 14.4 Å². The molecule has 2 aliphatic rings. The Labute approximate surface area is 219 Å². The van der Waals surface area contributed by atoms with Crippen LogP contribution in [0.5, 0.6) is 0 Å². The highest BCUT2D eigenvalue weighted by atomic mass is 35.5. The summed E-state index contributed by atoms with van der Waals surface area (Å²) in [6, 6.07) is 23.8. The van der Waals surface area contributed by atoms with Crippen LogP contribution in [-0.2, 0) is 14.4 Å². The summed E-state index contributed by atoms with van der Waals surface area (Å²) in [5.41, 5.74) is 1.64. The molecule has 0 radical (unpaired) electrons. The average Bonchev–Trinajstić information content (AvgIpc) is 3.50. The third-order valence-corrected chi connectivity index (χ3v) is 8.02. The molecule has 0 unspecified atom stereocenters. The summed E-state index contributed by atoms with van der Waals surface area (Å²) in [7, 11) is 0. The fourth-order valence-corrected chi connectivity index (χ4v) is 6.27. The zero-order valence-electron chi connectivity index (χ0n) is 18.5. The summed E-state index contributed by atoms with van der Waals surface area (Å²) in [5, 5.41) is 2.19. The number of hydrogen-bond acceptors (Lipinski definition) is 6. The molecule has 7 nitrogen and oxygen atoms in total. The van der Waals surface area contributed by atoms with E-state index >= 15 is 0 Å². The van der Waals surface area contributed by atoms with Gasteiger partial charge in [0.2, 0.25) is 5.91 Å². The molecule has 0 saturated carbocycles. The third-order valence-electron chi connectivity index (χ3n) is 6.27. The number of thiazole rings is 1. The van der Waals surface area contributed by atoms with Gasteiger partial charge in [0.25, 0.3) is 5.91 Å². The molecule has 2 fully saturated rings. The molecule has 1 aromatic heterocycles. The first-order valence-electron chi connectivity index (χ1n) is 11.1. The van der Waals surface area contributed by atoms with Crippen LogP contribution in [0, 0.1) is 5.92 Å². The van der Waals surface area contributed by atoms with E-state index in [4.69, 9.17) is 28.0 Å².